The zero-order valence-corrected chi connectivity index (χ0v) is 19.1. The van der Waals surface area contributed by atoms with Gasteiger partial charge in [-0.1, -0.05) is 27.7 Å². The molecule has 1 unspecified atom stereocenters. The van der Waals surface area contributed by atoms with Gasteiger partial charge in [-0.05, 0) is 51.7 Å². The highest BCUT2D eigenvalue weighted by Crippen LogP contribution is 1.99. The second-order valence-corrected chi connectivity index (χ2v) is 6.54. The first kappa shape index (κ1) is 26.2. The lowest BCUT2D eigenvalue weighted by atomic mass is 10.2. The van der Waals surface area contributed by atoms with E-state index in [2.05, 4.69) is 55.1 Å². The summed E-state index contributed by atoms with van der Waals surface area (Å²) in [6.07, 6.45) is 3.38. The van der Waals surface area contributed by atoms with Crippen LogP contribution < -0.4 is 10.6 Å². The lowest BCUT2D eigenvalue weighted by Gasteiger charge is -2.21. The summed E-state index contributed by atoms with van der Waals surface area (Å²) in [5.74, 6) is 1.50. The molecule has 0 aliphatic heterocycles. The Hall–Kier alpha value is -0.0800. The average molecular weight is 456 g/mol. The van der Waals surface area contributed by atoms with Gasteiger partial charge in [0.25, 0.3) is 0 Å². The van der Waals surface area contributed by atoms with Crippen molar-refractivity contribution in [2.24, 2.45) is 10.9 Å². The lowest BCUT2D eigenvalue weighted by Crippen LogP contribution is -2.43. The van der Waals surface area contributed by atoms with Gasteiger partial charge in [0.15, 0.2) is 5.96 Å². The molecule has 0 aromatic heterocycles. The van der Waals surface area contributed by atoms with Crippen molar-refractivity contribution in [2.45, 2.75) is 59.9 Å². The number of nitrogens with zero attached hydrogens (tertiary/aromatic N) is 2. The van der Waals surface area contributed by atoms with Crippen molar-refractivity contribution in [2.75, 3.05) is 46.4 Å². The third kappa shape index (κ3) is 15.4. The normalized spacial score (nSPS) is 13.1. The van der Waals surface area contributed by atoms with E-state index in [-0.39, 0.29) is 24.0 Å². The van der Waals surface area contributed by atoms with Gasteiger partial charge in [0.2, 0.25) is 0 Å². The van der Waals surface area contributed by atoms with E-state index in [1.54, 1.807) is 0 Å². The molecule has 1 atom stereocenters. The summed E-state index contributed by atoms with van der Waals surface area (Å²) in [7, 11) is 1.83. The molecule has 24 heavy (non-hydrogen) atoms. The number of aliphatic imine (C=N–C) groups is 1. The van der Waals surface area contributed by atoms with Crippen molar-refractivity contribution in [1.29, 1.82) is 0 Å². The van der Waals surface area contributed by atoms with Crippen molar-refractivity contribution in [3.63, 3.8) is 0 Å². The van der Waals surface area contributed by atoms with Crippen molar-refractivity contribution < 1.29 is 4.74 Å². The average Bonchev–Trinajstić information content (AvgIpc) is 2.53. The van der Waals surface area contributed by atoms with Crippen LogP contribution >= 0.6 is 24.0 Å². The van der Waals surface area contributed by atoms with E-state index in [9.17, 15) is 0 Å². The number of hydrogen-bond acceptors (Lipinski definition) is 3. The Bertz CT molecular complexity index is 297. The molecular weight excluding hydrogens is 415 g/mol. The maximum absolute atomic E-state index is 5.58. The van der Waals surface area contributed by atoms with Crippen LogP contribution in [0, 0.1) is 5.92 Å². The lowest BCUT2D eigenvalue weighted by molar-refractivity contribution is 0.108. The minimum atomic E-state index is 0. The van der Waals surface area contributed by atoms with Gasteiger partial charge in [-0.15, -0.1) is 24.0 Å². The third-order valence-corrected chi connectivity index (χ3v) is 3.82. The monoisotopic (exact) mass is 456 g/mol. The highest BCUT2D eigenvalue weighted by molar-refractivity contribution is 14.0. The van der Waals surface area contributed by atoms with Crippen LogP contribution in [0.25, 0.3) is 0 Å². The molecule has 0 fully saturated rings. The van der Waals surface area contributed by atoms with E-state index in [0.29, 0.717) is 12.0 Å². The fourth-order valence-electron chi connectivity index (χ4n) is 2.36. The van der Waals surface area contributed by atoms with Crippen LogP contribution in [-0.4, -0.2) is 63.3 Å². The molecule has 0 spiro atoms. The van der Waals surface area contributed by atoms with E-state index in [4.69, 9.17) is 4.74 Å². The molecule has 0 aliphatic carbocycles. The van der Waals surface area contributed by atoms with E-state index < -0.39 is 0 Å². The van der Waals surface area contributed by atoms with Crippen molar-refractivity contribution >= 4 is 29.9 Å². The quantitative estimate of drug-likeness (QED) is 0.193. The van der Waals surface area contributed by atoms with Crippen LogP contribution in [0.1, 0.15) is 53.9 Å². The molecule has 0 rings (SSSR count). The standard InChI is InChI=1S/C18H40N4O.HI/c1-7-22(8-2)13-9-11-17(5)21-18(19-6)20-12-10-14-23-15-16(3)4;/h16-17H,7-15H2,1-6H3,(H2,19,20,21);1H. The fraction of sp³-hybridized carbons (Fsp3) is 0.944. The van der Waals surface area contributed by atoms with Gasteiger partial charge in [-0.3, -0.25) is 4.99 Å². The van der Waals surface area contributed by atoms with Crippen molar-refractivity contribution in [1.82, 2.24) is 15.5 Å². The summed E-state index contributed by atoms with van der Waals surface area (Å²) in [6, 6.07) is 0.439. The number of guanidine groups is 1. The van der Waals surface area contributed by atoms with E-state index in [0.717, 1.165) is 51.6 Å². The molecule has 0 radical (unpaired) electrons. The second kappa shape index (κ2) is 17.7. The van der Waals surface area contributed by atoms with Crippen LogP contribution in [0.4, 0.5) is 0 Å². The number of halogens is 1. The maximum Gasteiger partial charge on any atom is 0.191 e. The van der Waals surface area contributed by atoms with Gasteiger partial charge < -0.3 is 20.3 Å². The third-order valence-electron chi connectivity index (χ3n) is 3.82. The molecule has 5 nitrogen and oxygen atoms in total. The molecule has 2 N–H and O–H groups in total. The first-order valence-electron chi connectivity index (χ1n) is 9.30. The SMILES string of the molecule is CCN(CC)CCCC(C)NC(=NC)NCCCOCC(C)C.I. The topological polar surface area (TPSA) is 48.9 Å². The van der Waals surface area contributed by atoms with Crippen LogP contribution in [-0.2, 0) is 4.74 Å². The highest BCUT2D eigenvalue weighted by atomic mass is 127. The molecule has 0 bridgehead atoms. The molecule has 0 aromatic carbocycles. The molecule has 146 valence electrons. The molecule has 0 aromatic rings. The summed E-state index contributed by atoms with van der Waals surface area (Å²) < 4.78 is 5.58. The van der Waals surface area contributed by atoms with E-state index >= 15 is 0 Å². The Morgan fingerprint density at radius 3 is 2.33 bits per heavy atom. The molecule has 0 saturated heterocycles. The predicted octanol–water partition coefficient (Wildman–Crippen LogP) is 3.34. The maximum atomic E-state index is 5.58. The largest absolute Gasteiger partial charge is 0.381 e. The van der Waals surface area contributed by atoms with Crippen LogP contribution in [0.2, 0.25) is 0 Å². The minimum absolute atomic E-state index is 0. The van der Waals surface area contributed by atoms with Gasteiger partial charge in [0.05, 0.1) is 0 Å². The molecule has 0 saturated carbocycles. The predicted molar refractivity (Wildman–Crippen MR) is 117 cm³/mol. The number of nitrogens with one attached hydrogen (secondary N) is 2. The smallest absolute Gasteiger partial charge is 0.191 e. The van der Waals surface area contributed by atoms with Crippen molar-refractivity contribution in [3.05, 3.63) is 0 Å². The first-order valence-corrected chi connectivity index (χ1v) is 9.30. The molecule has 0 heterocycles. The van der Waals surface area contributed by atoms with Gasteiger partial charge in [0.1, 0.15) is 0 Å². The number of hydrogen-bond donors (Lipinski definition) is 2. The van der Waals surface area contributed by atoms with Gasteiger partial charge in [-0.2, -0.15) is 0 Å². The Labute approximate surface area is 167 Å². The van der Waals surface area contributed by atoms with Crippen LogP contribution in [0.5, 0.6) is 0 Å². The molecular formula is C18H41IN4O. The number of ether oxygens (including phenoxy) is 1. The molecule has 0 aliphatic rings. The van der Waals surface area contributed by atoms with Crippen LogP contribution in [0.15, 0.2) is 4.99 Å². The summed E-state index contributed by atoms with van der Waals surface area (Å²) in [5.41, 5.74) is 0. The Kier molecular flexibility index (Phi) is 19.3. The number of rotatable bonds is 13. The second-order valence-electron chi connectivity index (χ2n) is 6.54. The van der Waals surface area contributed by atoms with Gasteiger partial charge in [0, 0.05) is 32.8 Å². The minimum Gasteiger partial charge on any atom is -0.381 e. The van der Waals surface area contributed by atoms with Gasteiger partial charge >= 0.3 is 0 Å². The molecule has 0 amide bonds. The van der Waals surface area contributed by atoms with Gasteiger partial charge in [-0.25, -0.2) is 0 Å². The summed E-state index contributed by atoms with van der Waals surface area (Å²) >= 11 is 0. The summed E-state index contributed by atoms with van der Waals surface area (Å²) in [6.45, 7) is 17.0. The molecule has 6 heteroatoms. The van der Waals surface area contributed by atoms with E-state index in [1.165, 1.54) is 13.0 Å². The zero-order chi connectivity index (χ0) is 17.5. The highest BCUT2D eigenvalue weighted by Gasteiger charge is 2.06. The Morgan fingerprint density at radius 1 is 1.12 bits per heavy atom. The zero-order valence-electron chi connectivity index (χ0n) is 16.7. The Balaban J connectivity index is 0. The Morgan fingerprint density at radius 2 is 1.79 bits per heavy atom. The van der Waals surface area contributed by atoms with Crippen molar-refractivity contribution in [3.8, 4) is 0 Å². The summed E-state index contributed by atoms with van der Waals surface area (Å²) in [5, 5.41) is 6.82. The van der Waals surface area contributed by atoms with Crippen LogP contribution in [0.3, 0.4) is 0 Å². The summed E-state index contributed by atoms with van der Waals surface area (Å²) in [4.78, 5) is 6.76. The first-order chi connectivity index (χ1) is 11.0. The van der Waals surface area contributed by atoms with E-state index in [1.807, 2.05) is 7.05 Å². The fourth-order valence-corrected chi connectivity index (χ4v) is 2.36.